The second kappa shape index (κ2) is 6.78. The molecule has 0 spiro atoms. The fourth-order valence-corrected chi connectivity index (χ4v) is 2.25. The van der Waals surface area contributed by atoms with Gasteiger partial charge in [0.15, 0.2) is 0 Å². The Morgan fingerprint density at radius 3 is 2.56 bits per heavy atom. The monoisotopic (exact) mass is 352 g/mol. The van der Waals surface area contributed by atoms with Gasteiger partial charge in [0.25, 0.3) is 0 Å². The molecule has 1 nitrogen and oxygen atoms in total. The Morgan fingerprint density at radius 1 is 1.06 bits per heavy atom. The molecule has 94 valence electrons. The zero-order valence-electron chi connectivity index (χ0n) is 10.5. The second-order valence-electron chi connectivity index (χ2n) is 4.40. The molecule has 0 aromatic heterocycles. The lowest BCUT2D eigenvalue weighted by Gasteiger charge is -2.11. The number of hydrogen-bond donors (Lipinski definition) is 0. The standard InChI is InChI=1S/C16H17IO/c1-13(11-17)15-8-5-9-16(10-15)18-12-14-6-3-2-4-7-14/h2-10,13H,11-12H2,1H3/t13-/m1/s1. The van der Waals surface area contributed by atoms with Crippen molar-refractivity contribution in [3.05, 3.63) is 65.7 Å². The van der Waals surface area contributed by atoms with Crippen molar-refractivity contribution in [3.8, 4) is 5.75 Å². The van der Waals surface area contributed by atoms with Gasteiger partial charge in [0.1, 0.15) is 12.4 Å². The van der Waals surface area contributed by atoms with E-state index in [-0.39, 0.29) is 0 Å². The van der Waals surface area contributed by atoms with Crippen molar-refractivity contribution < 1.29 is 4.74 Å². The van der Waals surface area contributed by atoms with Crippen molar-refractivity contribution in [1.29, 1.82) is 0 Å². The van der Waals surface area contributed by atoms with Gasteiger partial charge in [-0.1, -0.05) is 72.0 Å². The van der Waals surface area contributed by atoms with Gasteiger partial charge in [-0.05, 0) is 29.2 Å². The molecule has 0 aliphatic carbocycles. The third-order valence-corrected chi connectivity index (χ3v) is 4.23. The van der Waals surface area contributed by atoms with Crippen LogP contribution >= 0.6 is 22.6 Å². The van der Waals surface area contributed by atoms with Crippen LogP contribution in [0.3, 0.4) is 0 Å². The van der Waals surface area contributed by atoms with Crippen LogP contribution in [-0.4, -0.2) is 4.43 Å². The van der Waals surface area contributed by atoms with E-state index in [1.54, 1.807) is 0 Å². The lowest BCUT2D eigenvalue weighted by atomic mass is 10.0. The van der Waals surface area contributed by atoms with Crippen molar-refractivity contribution >= 4 is 22.6 Å². The number of ether oxygens (including phenoxy) is 1. The Hall–Kier alpha value is -1.03. The van der Waals surface area contributed by atoms with Gasteiger partial charge in [0.05, 0.1) is 0 Å². The Bertz CT molecular complexity index is 481. The lowest BCUT2D eigenvalue weighted by Crippen LogP contribution is -1.98. The molecule has 0 saturated heterocycles. The van der Waals surface area contributed by atoms with Crippen molar-refractivity contribution in [2.45, 2.75) is 19.4 Å². The van der Waals surface area contributed by atoms with Crippen LogP contribution in [0.25, 0.3) is 0 Å². The Labute approximate surface area is 122 Å². The number of halogens is 1. The van der Waals surface area contributed by atoms with Crippen molar-refractivity contribution in [2.75, 3.05) is 4.43 Å². The van der Waals surface area contributed by atoms with E-state index in [0.717, 1.165) is 10.2 Å². The Kier molecular flexibility index (Phi) is 5.05. The average molecular weight is 352 g/mol. The molecule has 1 atom stereocenters. The molecule has 0 saturated carbocycles. The second-order valence-corrected chi connectivity index (χ2v) is 5.28. The first kappa shape index (κ1) is 13.4. The summed E-state index contributed by atoms with van der Waals surface area (Å²) in [5.74, 6) is 1.53. The van der Waals surface area contributed by atoms with Gasteiger partial charge in [-0.3, -0.25) is 0 Å². The Morgan fingerprint density at radius 2 is 1.83 bits per heavy atom. The van der Waals surface area contributed by atoms with Gasteiger partial charge in [-0.15, -0.1) is 0 Å². The highest BCUT2D eigenvalue weighted by Crippen LogP contribution is 2.22. The molecular weight excluding hydrogens is 335 g/mol. The summed E-state index contributed by atoms with van der Waals surface area (Å²) in [4.78, 5) is 0. The zero-order chi connectivity index (χ0) is 12.8. The summed E-state index contributed by atoms with van der Waals surface area (Å²) in [7, 11) is 0. The van der Waals surface area contributed by atoms with Gasteiger partial charge in [-0.25, -0.2) is 0 Å². The molecule has 0 aliphatic rings. The molecule has 18 heavy (non-hydrogen) atoms. The number of benzene rings is 2. The maximum atomic E-state index is 5.82. The van der Waals surface area contributed by atoms with E-state index in [2.05, 4.69) is 59.8 Å². The normalized spacial score (nSPS) is 12.1. The SMILES string of the molecule is C[C@H](CI)c1cccc(OCc2ccccc2)c1. The molecule has 0 amide bonds. The van der Waals surface area contributed by atoms with Crippen molar-refractivity contribution in [3.63, 3.8) is 0 Å². The number of alkyl halides is 1. The number of rotatable bonds is 5. The van der Waals surface area contributed by atoms with Gasteiger partial charge in [0.2, 0.25) is 0 Å². The molecule has 0 radical (unpaired) electrons. The van der Waals surface area contributed by atoms with Crippen LogP contribution in [0.2, 0.25) is 0 Å². The predicted molar refractivity (Wildman–Crippen MR) is 84.5 cm³/mol. The lowest BCUT2D eigenvalue weighted by molar-refractivity contribution is 0.306. The fraction of sp³-hybridized carbons (Fsp3) is 0.250. The maximum Gasteiger partial charge on any atom is 0.120 e. The first-order chi connectivity index (χ1) is 8.79. The molecule has 0 unspecified atom stereocenters. The molecular formula is C16H17IO. The third kappa shape index (κ3) is 3.73. The molecule has 0 fully saturated rings. The van der Waals surface area contributed by atoms with E-state index in [4.69, 9.17) is 4.74 Å². The summed E-state index contributed by atoms with van der Waals surface area (Å²) >= 11 is 2.42. The Balaban J connectivity index is 2.01. The van der Waals surface area contributed by atoms with Gasteiger partial charge >= 0.3 is 0 Å². The molecule has 2 rings (SSSR count). The highest BCUT2D eigenvalue weighted by atomic mass is 127. The van der Waals surface area contributed by atoms with Crippen LogP contribution < -0.4 is 4.74 Å². The van der Waals surface area contributed by atoms with Crippen LogP contribution in [0.1, 0.15) is 24.0 Å². The zero-order valence-corrected chi connectivity index (χ0v) is 12.6. The molecule has 0 aliphatic heterocycles. The largest absolute Gasteiger partial charge is 0.489 e. The summed E-state index contributed by atoms with van der Waals surface area (Å²) in [5.41, 5.74) is 2.54. The summed E-state index contributed by atoms with van der Waals surface area (Å²) in [6.45, 7) is 2.87. The first-order valence-electron chi connectivity index (χ1n) is 6.12. The minimum absolute atomic E-state index is 0.575. The minimum atomic E-state index is 0.575. The summed E-state index contributed by atoms with van der Waals surface area (Å²) < 4.78 is 6.95. The van der Waals surface area contributed by atoms with E-state index in [1.807, 2.05) is 24.3 Å². The molecule has 0 heterocycles. The van der Waals surface area contributed by atoms with Crippen molar-refractivity contribution in [1.82, 2.24) is 0 Å². The maximum absolute atomic E-state index is 5.82. The number of hydrogen-bond acceptors (Lipinski definition) is 1. The van der Waals surface area contributed by atoms with Crippen LogP contribution in [0.4, 0.5) is 0 Å². The van der Waals surface area contributed by atoms with Crippen LogP contribution in [-0.2, 0) is 6.61 Å². The van der Waals surface area contributed by atoms with E-state index < -0.39 is 0 Å². The molecule has 2 aromatic rings. The topological polar surface area (TPSA) is 9.23 Å². The predicted octanol–water partition coefficient (Wildman–Crippen LogP) is 4.80. The summed E-state index contributed by atoms with van der Waals surface area (Å²) in [6.07, 6.45) is 0. The average Bonchev–Trinajstić information content (AvgIpc) is 2.45. The summed E-state index contributed by atoms with van der Waals surface area (Å²) in [5, 5.41) is 0. The minimum Gasteiger partial charge on any atom is -0.489 e. The van der Waals surface area contributed by atoms with Gasteiger partial charge in [0, 0.05) is 4.43 Å². The van der Waals surface area contributed by atoms with Crippen molar-refractivity contribution in [2.24, 2.45) is 0 Å². The third-order valence-electron chi connectivity index (χ3n) is 2.91. The van der Waals surface area contributed by atoms with Gasteiger partial charge in [-0.2, -0.15) is 0 Å². The van der Waals surface area contributed by atoms with E-state index in [1.165, 1.54) is 11.1 Å². The highest BCUT2D eigenvalue weighted by molar-refractivity contribution is 14.1. The first-order valence-corrected chi connectivity index (χ1v) is 7.65. The highest BCUT2D eigenvalue weighted by Gasteiger charge is 2.04. The smallest absolute Gasteiger partial charge is 0.120 e. The summed E-state index contributed by atoms with van der Waals surface area (Å²) in [6, 6.07) is 18.6. The molecule has 0 bridgehead atoms. The quantitative estimate of drug-likeness (QED) is 0.555. The molecule has 0 N–H and O–H groups in total. The van der Waals surface area contributed by atoms with Crippen LogP contribution in [0.5, 0.6) is 5.75 Å². The fourth-order valence-electron chi connectivity index (χ4n) is 1.74. The van der Waals surface area contributed by atoms with Gasteiger partial charge < -0.3 is 4.74 Å². The van der Waals surface area contributed by atoms with E-state index in [9.17, 15) is 0 Å². The van der Waals surface area contributed by atoms with E-state index in [0.29, 0.717) is 12.5 Å². The van der Waals surface area contributed by atoms with E-state index >= 15 is 0 Å². The van der Waals surface area contributed by atoms with Crippen LogP contribution in [0.15, 0.2) is 54.6 Å². The van der Waals surface area contributed by atoms with Crippen LogP contribution in [0, 0.1) is 0 Å². The molecule has 2 aromatic carbocycles. The molecule has 2 heteroatoms.